The number of hydrogen-bond acceptors (Lipinski definition) is 4. The summed E-state index contributed by atoms with van der Waals surface area (Å²) in [5, 5.41) is 0.0788. The molecule has 2 rings (SSSR count). The number of aromatic nitrogens is 1. The van der Waals surface area contributed by atoms with E-state index in [1.165, 1.54) is 0 Å². The van der Waals surface area contributed by atoms with Crippen molar-refractivity contribution in [1.82, 2.24) is 4.98 Å². The fourth-order valence-corrected chi connectivity index (χ4v) is 4.20. The van der Waals surface area contributed by atoms with Crippen molar-refractivity contribution < 1.29 is 12.8 Å². The van der Waals surface area contributed by atoms with Gasteiger partial charge in [0.2, 0.25) is 0 Å². The number of nitrogens with zero attached hydrogens (tertiary/aromatic N) is 1. The number of benzene rings is 1. The summed E-state index contributed by atoms with van der Waals surface area (Å²) in [5.41, 5.74) is 1.10. The van der Waals surface area contributed by atoms with E-state index in [2.05, 4.69) is 57.4 Å². The summed E-state index contributed by atoms with van der Waals surface area (Å²) < 4.78 is 33.8. The highest BCUT2D eigenvalue weighted by atomic mass is 32.2. The van der Waals surface area contributed by atoms with Gasteiger partial charge < -0.3 is 4.43 Å². The Kier molecular flexibility index (Phi) is 6.06. The van der Waals surface area contributed by atoms with Gasteiger partial charge in [-0.1, -0.05) is 46.8 Å². The fourth-order valence-electron chi connectivity index (χ4n) is 2.18. The van der Waals surface area contributed by atoms with Crippen LogP contribution in [0.1, 0.15) is 46.1 Å². The van der Waals surface area contributed by atoms with Crippen LogP contribution in [0, 0.1) is 0 Å². The highest BCUT2D eigenvalue weighted by Crippen LogP contribution is 2.37. The van der Waals surface area contributed by atoms with Crippen molar-refractivity contribution in [1.29, 1.82) is 0 Å². The third-order valence-electron chi connectivity index (χ3n) is 5.01. The molecule has 2 aromatic rings. The van der Waals surface area contributed by atoms with Gasteiger partial charge in [-0.3, -0.25) is 4.72 Å². The Labute approximate surface area is 164 Å². The third-order valence-corrected chi connectivity index (χ3v) is 10.7. The van der Waals surface area contributed by atoms with Crippen LogP contribution in [-0.4, -0.2) is 21.7 Å². The lowest BCUT2D eigenvalue weighted by atomic mass is 10.0. The molecular weight excluding hydrogens is 376 g/mol. The molecule has 1 heterocycles. The van der Waals surface area contributed by atoms with Gasteiger partial charge in [0.05, 0.1) is 11.1 Å². The van der Waals surface area contributed by atoms with Crippen molar-refractivity contribution in [2.45, 2.75) is 63.6 Å². The van der Waals surface area contributed by atoms with Crippen molar-refractivity contribution in [2.24, 2.45) is 0 Å². The zero-order valence-electron chi connectivity index (χ0n) is 17.2. The lowest BCUT2D eigenvalue weighted by Crippen LogP contribution is -2.43. The number of hydrogen-bond donors (Lipinski definition) is 1. The molecule has 0 amide bonds. The van der Waals surface area contributed by atoms with Crippen LogP contribution in [0.4, 0.5) is 5.82 Å². The Bertz CT molecular complexity index is 869. The molecule has 148 valence electrons. The highest BCUT2D eigenvalue weighted by Gasteiger charge is 2.39. The first kappa shape index (κ1) is 21.4. The van der Waals surface area contributed by atoms with E-state index < -0.39 is 18.3 Å². The Morgan fingerprint density at radius 2 is 1.63 bits per heavy atom. The van der Waals surface area contributed by atoms with Crippen molar-refractivity contribution in [3.63, 3.8) is 0 Å². The first-order valence-electron chi connectivity index (χ1n) is 9.10. The lowest BCUT2D eigenvalue weighted by molar-refractivity contribution is 0.490. The summed E-state index contributed by atoms with van der Waals surface area (Å²) in [4.78, 5) is 4.43. The Morgan fingerprint density at radius 1 is 1.04 bits per heavy atom. The molecule has 0 aliphatic heterocycles. The van der Waals surface area contributed by atoms with Gasteiger partial charge >= 0.3 is 0 Å². The third kappa shape index (κ3) is 5.32. The maximum absolute atomic E-state index is 12.6. The van der Waals surface area contributed by atoms with Gasteiger partial charge in [-0.25, -0.2) is 13.4 Å². The molecule has 0 aliphatic carbocycles. The van der Waals surface area contributed by atoms with Gasteiger partial charge in [0.25, 0.3) is 18.3 Å². The normalized spacial score (nSPS) is 12.9. The van der Waals surface area contributed by atoms with Gasteiger partial charge in [0, 0.05) is 0 Å². The van der Waals surface area contributed by atoms with Crippen LogP contribution in [0.2, 0.25) is 18.1 Å². The zero-order valence-corrected chi connectivity index (χ0v) is 19.0. The minimum absolute atomic E-state index is 0.0788. The first-order chi connectivity index (χ1) is 12.3. The monoisotopic (exact) mass is 406 g/mol. The van der Waals surface area contributed by atoms with Crippen molar-refractivity contribution >= 4 is 24.2 Å². The van der Waals surface area contributed by atoms with Crippen LogP contribution in [0.3, 0.4) is 0 Å². The second kappa shape index (κ2) is 7.64. The van der Waals surface area contributed by atoms with E-state index >= 15 is 0 Å². The summed E-state index contributed by atoms with van der Waals surface area (Å²) in [5.74, 6) is 1.28. The van der Waals surface area contributed by atoms with Crippen molar-refractivity contribution in [3.05, 3.63) is 48.2 Å². The molecule has 0 unspecified atom stereocenters. The molecule has 1 N–H and O–H groups in total. The largest absolute Gasteiger partial charge is 0.542 e. The summed E-state index contributed by atoms with van der Waals surface area (Å²) in [6, 6.07) is 10.3. The van der Waals surface area contributed by atoms with E-state index in [1.54, 1.807) is 30.5 Å². The first-order valence-corrected chi connectivity index (χ1v) is 13.5. The van der Waals surface area contributed by atoms with Gasteiger partial charge in [-0.15, -0.1) is 0 Å². The summed E-state index contributed by atoms with van der Waals surface area (Å²) in [7, 11) is -5.63. The molecule has 0 fully saturated rings. The molecule has 0 spiro atoms. The minimum atomic E-state index is -3.67. The van der Waals surface area contributed by atoms with Crippen LogP contribution >= 0.6 is 0 Å². The van der Waals surface area contributed by atoms with E-state index in [1.807, 2.05) is 12.1 Å². The molecule has 5 nitrogen and oxygen atoms in total. The van der Waals surface area contributed by atoms with Crippen LogP contribution in [0.25, 0.3) is 0 Å². The van der Waals surface area contributed by atoms with E-state index in [9.17, 15) is 8.42 Å². The highest BCUT2D eigenvalue weighted by molar-refractivity contribution is 7.92. The van der Waals surface area contributed by atoms with Crippen LogP contribution in [0.5, 0.6) is 5.75 Å². The van der Waals surface area contributed by atoms with Crippen LogP contribution in [-0.2, 0) is 10.0 Å². The molecule has 1 aromatic heterocycles. The fraction of sp³-hybridized carbons (Fsp3) is 0.450. The standard InChI is InChI=1S/C20H30N2O3SSi/c1-15(2)16-8-11-18(12-9-16)26(23,24)22-19-13-10-17(14-21-19)25-27(6,7)20(3,4)5/h8-15H,1-7H3,(H,21,22). The topological polar surface area (TPSA) is 68.3 Å². The number of sulfonamides is 1. The van der Waals surface area contributed by atoms with Gasteiger partial charge in [-0.2, -0.15) is 0 Å². The molecule has 27 heavy (non-hydrogen) atoms. The predicted molar refractivity (Wildman–Crippen MR) is 113 cm³/mol. The number of pyridine rings is 1. The van der Waals surface area contributed by atoms with Crippen LogP contribution < -0.4 is 9.15 Å². The second-order valence-electron chi connectivity index (χ2n) is 8.57. The van der Waals surface area contributed by atoms with Gasteiger partial charge in [-0.05, 0) is 53.9 Å². The average molecular weight is 407 g/mol. The molecule has 1 aromatic carbocycles. The average Bonchev–Trinajstić information content (AvgIpc) is 2.55. The summed E-state index contributed by atoms with van der Waals surface area (Å²) in [6.45, 7) is 15.0. The van der Waals surface area contributed by atoms with Gasteiger partial charge in [0.1, 0.15) is 11.6 Å². The zero-order chi connectivity index (χ0) is 20.5. The summed E-state index contributed by atoms with van der Waals surface area (Å²) >= 11 is 0. The Morgan fingerprint density at radius 3 is 2.07 bits per heavy atom. The molecule has 7 heteroatoms. The number of anilines is 1. The molecule has 0 bridgehead atoms. The smallest absolute Gasteiger partial charge is 0.263 e. The molecule has 0 atom stereocenters. The van der Waals surface area contributed by atoms with E-state index in [0.717, 1.165) is 5.56 Å². The maximum atomic E-state index is 12.6. The molecule has 0 aliphatic rings. The van der Waals surface area contributed by atoms with E-state index in [4.69, 9.17) is 4.43 Å². The number of nitrogens with one attached hydrogen (secondary N) is 1. The Balaban J connectivity index is 2.13. The van der Waals surface area contributed by atoms with Crippen molar-refractivity contribution in [2.75, 3.05) is 4.72 Å². The van der Waals surface area contributed by atoms with Crippen LogP contribution in [0.15, 0.2) is 47.5 Å². The predicted octanol–water partition coefficient (Wildman–Crippen LogP) is 5.39. The Hall–Kier alpha value is -1.86. The number of rotatable bonds is 6. The van der Waals surface area contributed by atoms with E-state index in [-0.39, 0.29) is 15.8 Å². The summed E-state index contributed by atoms with van der Waals surface area (Å²) in [6.07, 6.45) is 1.57. The second-order valence-corrected chi connectivity index (χ2v) is 15.0. The minimum Gasteiger partial charge on any atom is -0.542 e. The maximum Gasteiger partial charge on any atom is 0.263 e. The molecular formula is C20H30N2O3SSi. The SMILES string of the molecule is CC(C)c1ccc(S(=O)(=O)Nc2ccc(O[Si](C)(C)C(C)(C)C)cn2)cc1. The molecule has 0 saturated carbocycles. The quantitative estimate of drug-likeness (QED) is 0.653. The molecule has 0 saturated heterocycles. The van der Waals surface area contributed by atoms with Crippen molar-refractivity contribution in [3.8, 4) is 5.75 Å². The molecule has 0 radical (unpaired) electrons. The van der Waals surface area contributed by atoms with Gasteiger partial charge in [0.15, 0.2) is 0 Å². The lowest BCUT2D eigenvalue weighted by Gasteiger charge is -2.36. The van der Waals surface area contributed by atoms with E-state index in [0.29, 0.717) is 11.7 Å².